The zero-order valence-electron chi connectivity index (χ0n) is 12.6. The minimum absolute atomic E-state index is 0.00875. The number of nitrogens with zero attached hydrogens (tertiary/aromatic N) is 2. The van der Waals surface area contributed by atoms with E-state index < -0.39 is 11.6 Å². The van der Waals surface area contributed by atoms with Crippen LogP contribution in [0.15, 0.2) is 0 Å². The highest BCUT2D eigenvalue weighted by Gasteiger charge is 2.32. The van der Waals surface area contributed by atoms with Gasteiger partial charge in [-0.2, -0.15) is 0 Å². The molecule has 0 spiro atoms. The Hall–Kier alpha value is -1.30. The molecule has 20 heavy (non-hydrogen) atoms. The lowest BCUT2D eigenvalue weighted by molar-refractivity contribution is -0.138. The summed E-state index contributed by atoms with van der Waals surface area (Å²) in [6.07, 6.45) is 3.79. The summed E-state index contributed by atoms with van der Waals surface area (Å²) < 4.78 is 0. The van der Waals surface area contributed by atoms with E-state index in [2.05, 4.69) is 0 Å². The smallest absolute Gasteiger partial charge is 0.323 e. The normalized spacial score (nSPS) is 16.2. The number of amides is 2. The summed E-state index contributed by atoms with van der Waals surface area (Å²) in [5, 5.41) is 18.9. The van der Waals surface area contributed by atoms with Gasteiger partial charge in [0.25, 0.3) is 0 Å². The Balaban J connectivity index is 2.81. The van der Waals surface area contributed by atoms with Gasteiger partial charge < -0.3 is 20.0 Å². The fourth-order valence-corrected chi connectivity index (χ4v) is 2.68. The summed E-state index contributed by atoms with van der Waals surface area (Å²) in [5.74, 6) is -0.996. The number of hydrogen-bond acceptors (Lipinski definition) is 3. The molecule has 1 rings (SSSR count). The van der Waals surface area contributed by atoms with Crippen LogP contribution in [0, 0.1) is 0 Å². The van der Waals surface area contributed by atoms with Gasteiger partial charge in [-0.05, 0) is 33.6 Å². The molecule has 2 amide bonds. The van der Waals surface area contributed by atoms with E-state index in [1.54, 1.807) is 13.8 Å². The van der Waals surface area contributed by atoms with Crippen LogP contribution in [0.25, 0.3) is 0 Å². The molecule has 2 N–H and O–H groups in total. The lowest BCUT2D eigenvalue weighted by atomic mass is 10.1. The van der Waals surface area contributed by atoms with Crippen molar-refractivity contribution in [2.24, 2.45) is 0 Å². The maximum absolute atomic E-state index is 12.6. The van der Waals surface area contributed by atoms with Crippen molar-refractivity contribution in [1.29, 1.82) is 0 Å². The van der Waals surface area contributed by atoms with Crippen molar-refractivity contribution < 1.29 is 19.8 Å². The van der Waals surface area contributed by atoms with Crippen molar-refractivity contribution in [3.05, 3.63) is 0 Å². The zero-order valence-corrected chi connectivity index (χ0v) is 12.6. The summed E-state index contributed by atoms with van der Waals surface area (Å²) in [4.78, 5) is 26.5. The summed E-state index contributed by atoms with van der Waals surface area (Å²) >= 11 is 0. The summed E-state index contributed by atoms with van der Waals surface area (Å²) in [5.41, 5.74) is -0.990. The number of carboxylic acids is 1. The molecule has 0 aromatic carbocycles. The van der Waals surface area contributed by atoms with Crippen LogP contribution >= 0.6 is 0 Å². The van der Waals surface area contributed by atoms with Gasteiger partial charge in [-0.15, -0.1) is 0 Å². The van der Waals surface area contributed by atoms with Gasteiger partial charge in [-0.1, -0.05) is 12.8 Å². The predicted molar refractivity (Wildman–Crippen MR) is 75.5 cm³/mol. The number of carbonyl (C=O) groups excluding carboxylic acids is 1. The van der Waals surface area contributed by atoms with Gasteiger partial charge in [0.05, 0.1) is 12.1 Å². The number of carboxylic acid groups (broad SMARTS) is 1. The fraction of sp³-hybridized carbons (Fsp3) is 0.857. The van der Waals surface area contributed by atoms with Crippen molar-refractivity contribution in [3.63, 3.8) is 0 Å². The van der Waals surface area contributed by atoms with E-state index in [0.717, 1.165) is 25.7 Å². The second-order valence-electron chi connectivity index (χ2n) is 6.07. The number of carbonyl (C=O) groups is 2. The van der Waals surface area contributed by atoms with Crippen LogP contribution in [0.3, 0.4) is 0 Å². The van der Waals surface area contributed by atoms with Crippen LogP contribution in [0.1, 0.15) is 46.5 Å². The number of aliphatic carboxylic acids is 1. The maximum atomic E-state index is 12.6. The Labute approximate surface area is 120 Å². The SMILES string of the molecule is CCN(CC(C)(C)O)C(=O)N(CC(=O)O)C1CCCC1. The van der Waals surface area contributed by atoms with Crippen LogP contribution in [0.2, 0.25) is 0 Å². The molecule has 1 fully saturated rings. The number of urea groups is 1. The average Bonchev–Trinajstić information content (AvgIpc) is 2.84. The Morgan fingerprint density at radius 3 is 2.20 bits per heavy atom. The van der Waals surface area contributed by atoms with Crippen LogP contribution in [0.5, 0.6) is 0 Å². The van der Waals surface area contributed by atoms with E-state index >= 15 is 0 Å². The van der Waals surface area contributed by atoms with Gasteiger partial charge in [-0.25, -0.2) is 4.79 Å². The lowest BCUT2D eigenvalue weighted by Gasteiger charge is -2.35. The molecule has 116 valence electrons. The molecule has 0 aromatic heterocycles. The molecular weight excluding hydrogens is 260 g/mol. The quantitative estimate of drug-likeness (QED) is 0.776. The molecule has 1 aliphatic carbocycles. The van der Waals surface area contributed by atoms with Crippen LogP contribution in [-0.2, 0) is 4.79 Å². The highest BCUT2D eigenvalue weighted by molar-refractivity contribution is 5.80. The van der Waals surface area contributed by atoms with Crippen molar-refractivity contribution >= 4 is 12.0 Å². The molecule has 0 radical (unpaired) electrons. The molecule has 0 atom stereocenters. The van der Waals surface area contributed by atoms with E-state index in [1.165, 1.54) is 9.80 Å². The van der Waals surface area contributed by atoms with Gasteiger partial charge >= 0.3 is 12.0 Å². The van der Waals surface area contributed by atoms with Crippen LogP contribution in [0.4, 0.5) is 4.79 Å². The summed E-state index contributed by atoms with van der Waals surface area (Å²) in [6, 6.07) is -0.279. The predicted octanol–water partition coefficient (Wildman–Crippen LogP) is 1.53. The second kappa shape index (κ2) is 6.92. The molecule has 1 aliphatic rings. The monoisotopic (exact) mass is 286 g/mol. The molecule has 0 aromatic rings. The first-order valence-electron chi connectivity index (χ1n) is 7.24. The first-order chi connectivity index (χ1) is 9.24. The number of hydrogen-bond donors (Lipinski definition) is 2. The summed E-state index contributed by atoms with van der Waals surface area (Å²) in [7, 11) is 0. The molecule has 1 saturated carbocycles. The molecule has 0 bridgehead atoms. The number of rotatable bonds is 6. The van der Waals surface area contributed by atoms with E-state index in [4.69, 9.17) is 5.11 Å². The third-order valence-electron chi connectivity index (χ3n) is 3.55. The number of aliphatic hydroxyl groups is 1. The molecule has 6 heteroatoms. The molecular formula is C14H26N2O4. The topological polar surface area (TPSA) is 81.1 Å². The second-order valence-corrected chi connectivity index (χ2v) is 6.07. The Morgan fingerprint density at radius 2 is 1.80 bits per heavy atom. The molecule has 0 unspecified atom stereocenters. The van der Waals surface area contributed by atoms with E-state index in [9.17, 15) is 14.7 Å². The van der Waals surface area contributed by atoms with Crippen molar-refractivity contribution in [2.45, 2.75) is 58.1 Å². The average molecular weight is 286 g/mol. The molecule has 0 aliphatic heterocycles. The largest absolute Gasteiger partial charge is 0.480 e. The van der Waals surface area contributed by atoms with E-state index in [1.807, 2.05) is 6.92 Å². The van der Waals surface area contributed by atoms with E-state index in [0.29, 0.717) is 6.54 Å². The van der Waals surface area contributed by atoms with Crippen LogP contribution in [-0.4, -0.2) is 63.3 Å². The Bertz CT molecular complexity index is 346. The van der Waals surface area contributed by atoms with E-state index in [-0.39, 0.29) is 25.2 Å². The standard InChI is InChI=1S/C14H26N2O4/c1-4-15(10-14(2,3)20)13(19)16(9-12(17)18)11-7-5-6-8-11/h11,20H,4-10H2,1-3H3,(H,17,18). The molecule has 6 nitrogen and oxygen atoms in total. The van der Waals surface area contributed by atoms with Gasteiger partial charge in [0, 0.05) is 12.6 Å². The van der Waals surface area contributed by atoms with Gasteiger partial charge in [0.1, 0.15) is 6.54 Å². The first-order valence-corrected chi connectivity index (χ1v) is 7.24. The highest BCUT2D eigenvalue weighted by atomic mass is 16.4. The third-order valence-corrected chi connectivity index (χ3v) is 3.55. The Morgan fingerprint density at radius 1 is 1.25 bits per heavy atom. The van der Waals surface area contributed by atoms with Gasteiger partial charge in [0.15, 0.2) is 0 Å². The molecule has 0 saturated heterocycles. The van der Waals surface area contributed by atoms with Gasteiger partial charge in [0.2, 0.25) is 0 Å². The molecule has 0 heterocycles. The summed E-state index contributed by atoms with van der Waals surface area (Å²) in [6.45, 7) is 5.49. The van der Waals surface area contributed by atoms with Crippen LogP contribution < -0.4 is 0 Å². The Kier molecular flexibility index (Phi) is 5.80. The zero-order chi connectivity index (χ0) is 15.3. The van der Waals surface area contributed by atoms with Gasteiger partial charge in [-0.3, -0.25) is 4.79 Å². The maximum Gasteiger partial charge on any atom is 0.323 e. The minimum Gasteiger partial charge on any atom is -0.480 e. The number of likely N-dealkylation sites (N-methyl/N-ethyl adjacent to an activating group) is 1. The van der Waals surface area contributed by atoms with Crippen molar-refractivity contribution in [3.8, 4) is 0 Å². The van der Waals surface area contributed by atoms with Crippen molar-refractivity contribution in [2.75, 3.05) is 19.6 Å². The first kappa shape index (κ1) is 16.8. The lowest BCUT2D eigenvalue weighted by Crippen LogP contribution is -2.52. The van der Waals surface area contributed by atoms with Crippen molar-refractivity contribution in [1.82, 2.24) is 9.80 Å². The highest BCUT2D eigenvalue weighted by Crippen LogP contribution is 2.24. The fourth-order valence-electron chi connectivity index (χ4n) is 2.68. The minimum atomic E-state index is -0.996. The third kappa shape index (κ3) is 5.00.